The van der Waals surface area contributed by atoms with E-state index in [1.807, 2.05) is 6.20 Å². The summed E-state index contributed by atoms with van der Waals surface area (Å²) in [4.78, 5) is 4.54. The van der Waals surface area contributed by atoms with Gasteiger partial charge < -0.3 is 4.57 Å². The third kappa shape index (κ3) is 2.49. The topological polar surface area (TPSA) is 21.7 Å². The van der Waals surface area contributed by atoms with E-state index in [0.717, 1.165) is 18.2 Å². The van der Waals surface area contributed by atoms with E-state index < -0.39 is 0 Å². The average Bonchev–Trinajstić information content (AvgIpc) is 3.34. The highest BCUT2D eigenvalue weighted by Gasteiger charge is 2.27. The van der Waals surface area contributed by atoms with Crippen LogP contribution in [0.4, 0.5) is 0 Å². The molecule has 1 aromatic carbocycles. The van der Waals surface area contributed by atoms with E-state index in [1.54, 1.807) is 0 Å². The van der Waals surface area contributed by atoms with Gasteiger partial charge >= 0.3 is 0 Å². The third-order valence-electron chi connectivity index (χ3n) is 6.28. The van der Waals surface area contributed by atoms with Crippen LogP contribution in [0.3, 0.4) is 0 Å². The molecule has 3 aromatic rings. The van der Waals surface area contributed by atoms with Gasteiger partial charge in [-0.2, -0.15) is 0 Å². The molecule has 0 saturated heterocycles. The predicted octanol–water partition coefficient (Wildman–Crippen LogP) is 4.31. The Kier molecular flexibility index (Phi) is 3.70. The average molecular weight is 344 g/mol. The van der Waals surface area contributed by atoms with Crippen LogP contribution >= 0.6 is 0 Å². The van der Waals surface area contributed by atoms with E-state index in [2.05, 4.69) is 64.7 Å². The predicted molar refractivity (Wildman–Crippen MR) is 103 cm³/mol. The van der Waals surface area contributed by atoms with Gasteiger partial charge in [0.05, 0.1) is 11.3 Å². The molecule has 1 aliphatic carbocycles. The van der Waals surface area contributed by atoms with Gasteiger partial charge in [0.1, 0.15) is 12.9 Å². The molecule has 26 heavy (non-hydrogen) atoms. The minimum absolute atomic E-state index is 0.878. The maximum absolute atomic E-state index is 4.54. The first kappa shape index (κ1) is 15.8. The molecule has 3 heterocycles. The third-order valence-corrected chi connectivity index (χ3v) is 6.28. The first-order chi connectivity index (χ1) is 12.7. The monoisotopic (exact) mass is 344 g/mol. The molecule has 0 unspecified atom stereocenters. The second kappa shape index (κ2) is 6.08. The number of aryl methyl sites for hydroxylation is 2. The molecule has 0 atom stereocenters. The molecule has 0 N–H and O–H groups in total. The van der Waals surface area contributed by atoms with Crippen LogP contribution in [0.2, 0.25) is 0 Å². The van der Waals surface area contributed by atoms with Crippen LogP contribution in [-0.2, 0) is 19.9 Å². The SMILES string of the molecule is Cc1ccc2c(c1-c1cc(CC3CCCC3)cc[n+]1C)Cc1nccn1-2. The maximum Gasteiger partial charge on any atom is 0.213 e. The summed E-state index contributed by atoms with van der Waals surface area (Å²) in [5, 5.41) is 0. The van der Waals surface area contributed by atoms with Gasteiger partial charge in [0.2, 0.25) is 5.69 Å². The van der Waals surface area contributed by atoms with Crippen LogP contribution < -0.4 is 4.57 Å². The first-order valence-electron chi connectivity index (χ1n) is 9.85. The summed E-state index contributed by atoms with van der Waals surface area (Å²) in [6.07, 6.45) is 14.0. The number of imidazole rings is 1. The van der Waals surface area contributed by atoms with Crippen molar-refractivity contribution in [2.75, 3.05) is 0 Å². The van der Waals surface area contributed by atoms with Crippen LogP contribution in [0.5, 0.6) is 0 Å². The van der Waals surface area contributed by atoms with Gasteiger partial charge in [-0.1, -0.05) is 31.7 Å². The fourth-order valence-corrected chi connectivity index (χ4v) is 4.89. The van der Waals surface area contributed by atoms with E-state index >= 15 is 0 Å². The van der Waals surface area contributed by atoms with Crippen LogP contribution in [0.15, 0.2) is 42.9 Å². The molecule has 3 nitrogen and oxygen atoms in total. The second-order valence-corrected chi connectivity index (χ2v) is 8.03. The summed E-state index contributed by atoms with van der Waals surface area (Å²) in [7, 11) is 2.17. The van der Waals surface area contributed by atoms with Crippen molar-refractivity contribution in [3.05, 3.63) is 65.4 Å². The van der Waals surface area contributed by atoms with Gasteiger partial charge in [0.25, 0.3) is 0 Å². The van der Waals surface area contributed by atoms with Gasteiger partial charge in [0.15, 0.2) is 6.20 Å². The van der Waals surface area contributed by atoms with Crippen LogP contribution in [0.25, 0.3) is 16.9 Å². The number of fused-ring (bicyclic) bond motifs is 3. The van der Waals surface area contributed by atoms with Crippen molar-refractivity contribution in [3.8, 4) is 16.9 Å². The first-order valence-corrected chi connectivity index (χ1v) is 9.85. The molecule has 0 spiro atoms. The summed E-state index contributed by atoms with van der Waals surface area (Å²) < 4.78 is 4.52. The molecule has 0 bridgehead atoms. The largest absolute Gasteiger partial charge is 0.303 e. The van der Waals surface area contributed by atoms with E-state index in [9.17, 15) is 0 Å². The number of benzene rings is 1. The molecule has 0 radical (unpaired) electrons. The van der Waals surface area contributed by atoms with E-state index in [1.165, 1.54) is 65.7 Å². The highest BCUT2D eigenvalue weighted by atomic mass is 15.1. The lowest BCUT2D eigenvalue weighted by Crippen LogP contribution is -2.31. The Balaban J connectivity index is 1.60. The fraction of sp³-hybridized carbons (Fsp3) is 0.391. The van der Waals surface area contributed by atoms with Crippen LogP contribution in [-0.4, -0.2) is 9.55 Å². The summed E-state index contributed by atoms with van der Waals surface area (Å²) in [6, 6.07) is 9.25. The van der Waals surface area contributed by atoms with Gasteiger partial charge in [-0.15, -0.1) is 0 Å². The van der Waals surface area contributed by atoms with Crippen molar-refractivity contribution in [2.24, 2.45) is 13.0 Å². The molecular weight excluding hydrogens is 318 g/mol. The molecule has 132 valence electrons. The lowest BCUT2D eigenvalue weighted by atomic mass is 9.93. The Bertz CT molecular complexity index is 977. The Morgan fingerprint density at radius 2 is 2.04 bits per heavy atom. The van der Waals surface area contributed by atoms with Gasteiger partial charge in [-0.25, -0.2) is 9.55 Å². The normalized spacial score (nSPS) is 16.1. The van der Waals surface area contributed by atoms with E-state index in [-0.39, 0.29) is 0 Å². The fourth-order valence-electron chi connectivity index (χ4n) is 4.89. The maximum atomic E-state index is 4.54. The van der Waals surface area contributed by atoms with Gasteiger partial charge in [-0.05, 0) is 42.0 Å². The molecule has 2 aromatic heterocycles. The van der Waals surface area contributed by atoms with Crippen molar-refractivity contribution in [1.29, 1.82) is 0 Å². The number of hydrogen-bond acceptors (Lipinski definition) is 1. The highest BCUT2D eigenvalue weighted by molar-refractivity contribution is 5.73. The lowest BCUT2D eigenvalue weighted by molar-refractivity contribution is -0.660. The number of hydrogen-bond donors (Lipinski definition) is 0. The Labute approximate surface area is 155 Å². The standard InChI is InChI=1S/C23H26N3/c1-16-7-8-20-19(15-22-24-10-12-26(20)22)23(16)21-14-18(9-11-25(21)2)13-17-5-3-4-6-17/h7-12,14,17H,3-6,13,15H2,1-2H3/q+1. The summed E-state index contributed by atoms with van der Waals surface area (Å²) in [5.41, 5.74) is 8.27. The van der Waals surface area contributed by atoms with Crippen molar-refractivity contribution < 1.29 is 4.57 Å². The van der Waals surface area contributed by atoms with Gasteiger partial charge in [-0.3, -0.25) is 0 Å². The van der Waals surface area contributed by atoms with Crippen molar-refractivity contribution in [1.82, 2.24) is 9.55 Å². The van der Waals surface area contributed by atoms with E-state index in [4.69, 9.17) is 0 Å². The van der Waals surface area contributed by atoms with Crippen LogP contribution in [0.1, 0.15) is 48.2 Å². The second-order valence-electron chi connectivity index (χ2n) is 8.03. The van der Waals surface area contributed by atoms with Crippen molar-refractivity contribution >= 4 is 0 Å². The molecular formula is C23H26N3+. The minimum atomic E-state index is 0.878. The zero-order valence-electron chi connectivity index (χ0n) is 15.7. The van der Waals surface area contributed by atoms with Crippen LogP contribution in [0, 0.1) is 12.8 Å². The molecule has 1 aliphatic heterocycles. The quantitative estimate of drug-likeness (QED) is 0.508. The highest BCUT2D eigenvalue weighted by Crippen LogP contribution is 2.37. The zero-order chi connectivity index (χ0) is 17.7. The summed E-state index contributed by atoms with van der Waals surface area (Å²) in [5.74, 6) is 2.03. The lowest BCUT2D eigenvalue weighted by Gasteiger charge is -2.13. The smallest absolute Gasteiger partial charge is 0.213 e. The van der Waals surface area contributed by atoms with E-state index in [0.29, 0.717) is 0 Å². The Morgan fingerprint density at radius 3 is 2.88 bits per heavy atom. The number of aromatic nitrogens is 3. The Hall–Kier alpha value is -2.42. The number of rotatable bonds is 3. The number of pyridine rings is 1. The number of nitrogens with zero attached hydrogens (tertiary/aromatic N) is 3. The van der Waals surface area contributed by atoms with Gasteiger partial charge in [0, 0.05) is 30.9 Å². The Morgan fingerprint density at radius 1 is 1.19 bits per heavy atom. The van der Waals surface area contributed by atoms with Crippen molar-refractivity contribution in [3.63, 3.8) is 0 Å². The van der Waals surface area contributed by atoms with Crippen molar-refractivity contribution in [2.45, 2.75) is 45.4 Å². The summed E-state index contributed by atoms with van der Waals surface area (Å²) in [6.45, 7) is 2.24. The molecule has 2 aliphatic rings. The zero-order valence-corrected chi connectivity index (χ0v) is 15.7. The molecule has 5 rings (SSSR count). The minimum Gasteiger partial charge on any atom is -0.303 e. The molecule has 0 amide bonds. The molecule has 1 saturated carbocycles. The molecule has 3 heteroatoms. The molecule has 1 fully saturated rings. The summed E-state index contributed by atoms with van der Waals surface area (Å²) >= 11 is 0.